The van der Waals surface area contributed by atoms with E-state index in [0.717, 1.165) is 16.6 Å². The van der Waals surface area contributed by atoms with Crippen LogP contribution < -0.4 is 10.6 Å². The fraction of sp³-hybridized carbons (Fsp3) is 0.125. The van der Waals surface area contributed by atoms with Crippen LogP contribution in [0.3, 0.4) is 0 Å². The second-order valence-corrected chi connectivity index (χ2v) is 7.54. The lowest BCUT2D eigenvalue weighted by Gasteiger charge is -2.12. The molecule has 0 spiro atoms. The van der Waals surface area contributed by atoms with Crippen molar-refractivity contribution in [3.63, 3.8) is 0 Å². The number of nitrogens with zero attached hydrogens (tertiary/aromatic N) is 2. The van der Waals surface area contributed by atoms with E-state index in [4.69, 9.17) is 11.6 Å². The highest BCUT2D eigenvalue weighted by atomic mass is 35.5. The van der Waals surface area contributed by atoms with Crippen molar-refractivity contribution in [3.05, 3.63) is 94.8 Å². The number of carbonyl (C=O) groups excluding carboxylic acids is 2. The molecule has 0 unspecified atom stereocenters. The van der Waals surface area contributed by atoms with E-state index >= 15 is 0 Å². The van der Waals surface area contributed by atoms with E-state index in [1.165, 1.54) is 0 Å². The molecule has 0 bridgehead atoms. The van der Waals surface area contributed by atoms with Gasteiger partial charge in [0.2, 0.25) is 5.91 Å². The minimum absolute atomic E-state index is 0.0430. The number of nitrogens with one attached hydrogen (secondary N) is 2. The van der Waals surface area contributed by atoms with Gasteiger partial charge in [-0.15, -0.1) is 0 Å². The molecule has 6 nitrogen and oxygen atoms in total. The van der Waals surface area contributed by atoms with Crippen LogP contribution in [0, 0.1) is 6.92 Å². The van der Waals surface area contributed by atoms with Crippen LogP contribution in [0.4, 0.5) is 5.69 Å². The molecule has 31 heavy (non-hydrogen) atoms. The maximum Gasteiger partial charge on any atom is 0.251 e. The Labute approximate surface area is 184 Å². The highest BCUT2D eigenvalue weighted by molar-refractivity contribution is 6.33. The van der Waals surface area contributed by atoms with Gasteiger partial charge in [-0.2, -0.15) is 0 Å². The lowest BCUT2D eigenvalue weighted by molar-refractivity contribution is -0.116. The van der Waals surface area contributed by atoms with Crippen LogP contribution >= 0.6 is 11.6 Å². The van der Waals surface area contributed by atoms with Crippen molar-refractivity contribution in [2.45, 2.75) is 20.0 Å². The Morgan fingerprint density at radius 3 is 2.48 bits per heavy atom. The molecule has 1 aromatic heterocycles. The van der Waals surface area contributed by atoms with E-state index in [-0.39, 0.29) is 24.9 Å². The van der Waals surface area contributed by atoms with E-state index in [0.29, 0.717) is 22.1 Å². The van der Waals surface area contributed by atoms with Gasteiger partial charge in [-0.25, -0.2) is 4.98 Å². The number of rotatable bonds is 6. The molecule has 2 amide bonds. The number of aryl methyl sites for hydroxylation is 1. The Morgan fingerprint density at radius 2 is 1.68 bits per heavy atom. The number of amides is 2. The first-order valence-electron chi connectivity index (χ1n) is 9.85. The molecule has 4 aromatic rings. The number of imidazole rings is 1. The Hall–Kier alpha value is -3.64. The van der Waals surface area contributed by atoms with Crippen LogP contribution in [0.25, 0.3) is 11.0 Å². The van der Waals surface area contributed by atoms with Gasteiger partial charge in [0.15, 0.2) is 0 Å². The largest absolute Gasteiger partial charge is 0.345 e. The molecule has 0 saturated heterocycles. The van der Waals surface area contributed by atoms with Gasteiger partial charge in [-0.3, -0.25) is 9.59 Å². The van der Waals surface area contributed by atoms with Crippen LogP contribution in [-0.4, -0.2) is 21.4 Å². The maximum atomic E-state index is 12.7. The Balaban J connectivity index is 1.56. The monoisotopic (exact) mass is 432 g/mol. The number of anilines is 1. The van der Waals surface area contributed by atoms with Crippen molar-refractivity contribution >= 4 is 40.1 Å². The smallest absolute Gasteiger partial charge is 0.251 e. The molecule has 0 aliphatic rings. The predicted octanol–water partition coefficient (Wildman–Crippen LogP) is 4.57. The minimum atomic E-state index is -0.234. The Kier molecular flexibility index (Phi) is 6.00. The second kappa shape index (κ2) is 9.02. The average molecular weight is 433 g/mol. The third-order valence-corrected chi connectivity index (χ3v) is 5.31. The second-order valence-electron chi connectivity index (χ2n) is 7.13. The molecule has 0 radical (unpaired) electrons. The summed E-state index contributed by atoms with van der Waals surface area (Å²) >= 11 is 6.15. The molecule has 3 aromatic carbocycles. The number of hydrogen-bond acceptors (Lipinski definition) is 3. The highest BCUT2D eigenvalue weighted by Crippen LogP contribution is 2.21. The lowest BCUT2D eigenvalue weighted by atomic mass is 10.1. The summed E-state index contributed by atoms with van der Waals surface area (Å²) in [6.45, 7) is 2.13. The molecule has 4 rings (SSSR count). The van der Waals surface area contributed by atoms with Gasteiger partial charge in [0.1, 0.15) is 12.4 Å². The van der Waals surface area contributed by atoms with Gasteiger partial charge in [0, 0.05) is 5.56 Å². The van der Waals surface area contributed by atoms with Gasteiger partial charge in [-0.1, -0.05) is 54.1 Å². The topological polar surface area (TPSA) is 76.0 Å². The van der Waals surface area contributed by atoms with E-state index in [1.807, 2.05) is 49.4 Å². The molecule has 0 saturated carbocycles. The number of hydrogen-bond donors (Lipinski definition) is 2. The zero-order chi connectivity index (χ0) is 21.8. The molecule has 0 aliphatic heterocycles. The number of halogens is 1. The quantitative estimate of drug-likeness (QED) is 0.468. The van der Waals surface area contributed by atoms with Crippen molar-refractivity contribution in [3.8, 4) is 0 Å². The van der Waals surface area contributed by atoms with Crippen LogP contribution in [0.2, 0.25) is 5.02 Å². The SMILES string of the molecule is Cc1ccccc1C(=O)NCc1nc2ccccc2n1CC(=O)Nc1ccccc1Cl. The first kappa shape index (κ1) is 20.6. The summed E-state index contributed by atoms with van der Waals surface area (Å²) in [6.07, 6.45) is 0. The summed E-state index contributed by atoms with van der Waals surface area (Å²) in [6, 6.07) is 22.0. The number of carbonyl (C=O) groups is 2. The van der Waals surface area contributed by atoms with E-state index in [1.54, 1.807) is 34.9 Å². The predicted molar refractivity (Wildman–Crippen MR) is 122 cm³/mol. The first-order chi connectivity index (χ1) is 15.0. The van der Waals surface area contributed by atoms with Gasteiger partial charge in [0.05, 0.1) is 28.3 Å². The molecule has 0 fully saturated rings. The molecule has 1 heterocycles. The van der Waals surface area contributed by atoms with Gasteiger partial charge in [-0.05, 0) is 42.8 Å². The molecule has 0 aliphatic carbocycles. The molecular weight excluding hydrogens is 412 g/mol. The highest BCUT2D eigenvalue weighted by Gasteiger charge is 2.16. The Morgan fingerprint density at radius 1 is 0.968 bits per heavy atom. The normalized spacial score (nSPS) is 10.8. The van der Waals surface area contributed by atoms with Crippen molar-refractivity contribution in [2.75, 3.05) is 5.32 Å². The first-order valence-corrected chi connectivity index (χ1v) is 10.2. The van der Waals surface area contributed by atoms with E-state index in [9.17, 15) is 9.59 Å². The average Bonchev–Trinajstić information content (AvgIpc) is 3.11. The fourth-order valence-corrected chi connectivity index (χ4v) is 3.60. The lowest BCUT2D eigenvalue weighted by Crippen LogP contribution is -2.27. The molecule has 156 valence electrons. The van der Waals surface area contributed by atoms with Crippen LogP contribution in [0.1, 0.15) is 21.7 Å². The zero-order valence-corrected chi connectivity index (χ0v) is 17.7. The van der Waals surface area contributed by atoms with Crippen molar-refractivity contribution in [1.29, 1.82) is 0 Å². The number of aromatic nitrogens is 2. The number of benzene rings is 3. The third kappa shape index (κ3) is 4.59. The van der Waals surface area contributed by atoms with E-state index in [2.05, 4.69) is 15.6 Å². The van der Waals surface area contributed by atoms with Crippen LogP contribution in [-0.2, 0) is 17.9 Å². The van der Waals surface area contributed by atoms with Crippen molar-refractivity contribution < 1.29 is 9.59 Å². The Bertz CT molecular complexity index is 1270. The molecular formula is C24H21ClN4O2. The minimum Gasteiger partial charge on any atom is -0.345 e. The maximum absolute atomic E-state index is 12.7. The van der Waals surface area contributed by atoms with Crippen LogP contribution in [0.5, 0.6) is 0 Å². The summed E-state index contributed by atoms with van der Waals surface area (Å²) in [7, 11) is 0. The standard InChI is InChI=1S/C24H21ClN4O2/c1-16-8-2-3-9-17(16)24(31)26-14-22-27-20-12-6-7-13-21(20)29(22)15-23(30)28-19-11-5-4-10-18(19)25/h2-13H,14-15H2,1H3,(H,26,31)(H,28,30). The molecule has 7 heteroatoms. The van der Waals surface area contributed by atoms with Gasteiger partial charge in [0.25, 0.3) is 5.91 Å². The summed E-state index contributed by atoms with van der Waals surface area (Å²) in [5.74, 6) is 0.178. The zero-order valence-electron chi connectivity index (χ0n) is 16.9. The van der Waals surface area contributed by atoms with Gasteiger partial charge < -0.3 is 15.2 Å². The summed E-state index contributed by atoms with van der Waals surface area (Å²) in [5.41, 5.74) is 3.63. The molecule has 2 N–H and O–H groups in total. The summed E-state index contributed by atoms with van der Waals surface area (Å²) in [5, 5.41) is 6.22. The van der Waals surface area contributed by atoms with Gasteiger partial charge >= 0.3 is 0 Å². The summed E-state index contributed by atoms with van der Waals surface area (Å²) < 4.78 is 1.81. The third-order valence-electron chi connectivity index (χ3n) is 4.98. The summed E-state index contributed by atoms with van der Waals surface area (Å²) in [4.78, 5) is 30.0. The van der Waals surface area contributed by atoms with E-state index < -0.39 is 0 Å². The van der Waals surface area contributed by atoms with Crippen molar-refractivity contribution in [2.24, 2.45) is 0 Å². The van der Waals surface area contributed by atoms with Crippen molar-refractivity contribution in [1.82, 2.24) is 14.9 Å². The van der Waals surface area contributed by atoms with Crippen LogP contribution in [0.15, 0.2) is 72.8 Å². The fourth-order valence-electron chi connectivity index (χ4n) is 3.41. The number of fused-ring (bicyclic) bond motifs is 1. The molecule has 0 atom stereocenters. The number of para-hydroxylation sites is 3.